The van der Waals surface area contributed by atoms with Gasteiger partial charge in [0.15, 0.2) is 0 Å². The fourth-order valence-corrected chi connectivity index (χ4v) is 1.66. The molecule has 1 fully saturated rings. The number of carbonyl (C=O) groups is 1. The van der Waals surface area contributed by atoms with E-state index in [0.29, 0.717) is 13.2 Å². The monoisotopic (exact) mass is 229 g/mol. The fraction of sp³-hybridized carbons (Fsp3) is 0.917. The molecule has 0 spiro atoms. The molecule has 0 bridgehead atoms. The first kappa shape index (κ1) is 13.3. The molecule has 4 heteroatoms. The normalized spacial score (nSPS) is 22.8. The third-order valence-electron chi connectivity index (χ3n) is 2.54. The van der Waals surface area contributed by atoms with Gasteiger partial charge in [-0.05, 0) is 33.6 Å². The summed E-state index contributed by atoms with van der Waals surface area (Å²) in [5, 5.41) is 0. The van der Waals surface area contributed by atoms with E-state index in [1.54, 1.807) is 4.90 Å². The Hall–Kier alpha value is -0.770. The highest BCUT2D eigenvalue weighted by Gasteiger charge is 2.24. The van der Waals surface area contributed by atoms with Crippen molar-refractivity contribution in [3.05, 3.63) is 0 Å². The summed E-state index contributed by atoms with van der Waals surface area (Å²) < 4.78 is 10.9. The highest BCUT2D eigenvalue weighted by Crippen LogP contribution is 2.14. The average Bonchev–Trinajstić information content (AvgIpc) is 2.39. The minimum atomic E-state index is -0.422. The van der Waals surface area contributed by atoms with Crippen LogP contribution >= 0.6 is 0 Å². The highest BCUT2D eigenvalue weighted by molar-refractivity contribution is 5.68. The molecule has 1 rings (SSSR count). The summed E-state index contributed by atoms with van der Waals surface area (Å²) in [7, 11) is 0. The predicted molar refractivity (Wildman–Crippen MR) is 62.5 cm³/mol. The van der Waals surface area contributed by atoms with Gasteiger partial charge in [0.2, 0.25) is 0 Å². The van der Waals surface area contributed by atoms with E-state index in [4.69, 9.17) is 9.47 Å². The van der Waals surface area contributed by atoms with Crippen molar-refractivity contribution in [3.8, 4) is 0 Å². The zero-order chi connectivity index (χ0) is 12.2. The van der Waals surface area contributed by atoms with Crippen molar-refractivity contribution in [2.45, 2.75) is 52.2 Å². The Labute approximate surface area is 97.9 Å². The minimum absolute atomic E-state index is 0.229. The molecule has 0 radical (unpaired) electrons. The Balaban J connectivity index is 2.45. The number of ether oxygens (including phenoxy) is 2. The Kier molecular flexibility index (Phi) is 4.59. The lowest BCUT2D eigenvalue weighted by atomic mass is 10.2. The van der Waals surface area contributed by atoms with Crippen LogP contribution in [0.1, 0.15) is 40.5 Å². The predicted octanol–water partition coefficient (Wildman–Crippen LogP) is 2.42. The lowest BCUT2D eigenvalue weighted by Gasteiger charge is -2.26. The van der Waals surface area contributed by atoms with Crippen molar-refractivity contribution in [2.24, 2.45) is 0 Å². The molecule has 1 amide bonds. The Morgan fingerprint density at radius 2 is 2.12 bits per heavy atom. The van der Waals surface area contributed by atoms with E-state index in [2.05, 4.69) is 6.92 Å². The van der Waals surface area contributed by atoms with Gasteiger partial charge in [-0.15, -0.1) is 0 Å². The van der Waals surface area contributed by atoms with E-state index in [9.17, 15) is 4.79 Å². The molecule has 0 aromatic rings. The van der Waals surface area contributed by atoms with Crippen LogP contribution < -0.4 is 0 Å². The van der Waals surface area contributed by atoms with Crippen LogP contribution in [-0.2, 0) is 9.47 Å². The van der Waals surface area contributed by atoms with Gasteiger partial charge in [0.25, 0.3) is 0 Å². The van der Waals surface area contributed by atoms with Crippen molar-refractivity contribution >= 4 is 6.09 Å². The number of hydrogen-bond donors (Lipinski definition) is 0. The van der Waals surface area contributed by atoms with E-state index < -0.39 is 5.60 Å². The van der Waals surface area contributed by atoms with Gasteiger partial charge in [-0.2, -0.15) is 0 Å². The van der Waals surface area contributed by atoms with Crippen LogP contribution in [0, 0.1) is 0 Å². The summed E-state index contributed by atoms with van der Waals surface area (Å²) in [5.41, 5.74) is -0.422. The molecule has 1 aliphatic rings. The molecule has 1 saturated heterocycles. The van der Waals surface area contributed by atoms with E-state index in [0.717, 1.165) is 19.4 Å². The molecule has 0 N–H and O–H groups in total. The van der Waals surface area contributed by atoms with Gasteiger partial charge in [0.1, 0.15) is 5.60 Å². The summed E-state index contributed by atoms with van der Waals surface area (Å²) in [6.45, 7) is 9.72. The molecular weight excluding hydrogens is 206 g/mol. The molecule has 16 heavy (non-hydrogen) atoms. The third kappa shape index (κ3) is 4.39. The number of carbonyl (C=O) groups excluding carboxylic acids is 1. The summed E-state index contributed by atoms with van der Waals surface area (Å²) >= 11 is 0. The highest BCUT2D eigenvalue weighted by atomic mass is 16.6. The van der Waals surface area contributed by atoms with Crippen LogP contribution in [0.5, 0.6) is 0 Å². The lowest BCUT2D eigenvalue weighted by Crippen LogP contribution is -2.38. The molecular formula is C12H23NO3. The van der Waals surface area contributed by atoms with Crippen molar-refractivity contribution < 1.29 is 14.3 Å². The lowest BCUT2D eigenvalue weighted by molar-refractivity contribution is 0.0230. The number of hydrogen-bond acceptors (Lipinski definition) is 3. The molecule has 1 atom stereocenters. The molecule has 94 valence electrons. The van der Waals surface area contributed by atoms with E-state index in [-0.39, 0.29) is 12.2 Å². The van der Waals surface area contributed by atoms with Gasteiger partial charge in [-0.3, -0.25) is 0 Å². The zero-order valence-electron chi connectivity index (χ0n) is 10.8. The SMILES string of the molecule is CCC1CCN(C(=O)OC(C)(C)C)CCO1. The van der Waals surface area contributed by atoms with Gasteiger partial charge >= 0.3 is 6.09 Å². The second-order valence-electron chi connectivity index (χ2n) is 5.16. The van der Waals surface area contributed by atoms with Crippen molar-refractivity contribution in [2.75, 3.05) is 19.7 Å². The standard InChI is InChI=1S/C12H23NO3/c1-5-10-6-7-13(8-9-15-10)11(14)16-12(2,3)4/h10H,5-9H2,1-4H3. The first-order valence-electron chi connectivity index (χ1n) is 6.02. The second kappa shape index (κ2) is 5.53. The van der Waals surface area contributed by atoms with Gasteiger partial charge in [0, 0.05) is 13.1 Å². The van der Waals surface area contributed by atoms with Gasteiger partial charge in [-0.1, -0.05) is 6.92 Å². The number of amides is 1. The average molecular weight is 229 g/mol. The Bertz CT molecular complexity index is 235. The molecule has 1 heterocycles. The molecule has 0 saturated carbocycles. The Morgan fingerprint density at radius 3 is 2.69 bits per heavy atom. The topological polar surface area (TPSA) is 38.8 Å². The maximum Gasteiger partial charge on any atom is 0.410 e. The summed E-state index contributed by atoms with van der Waals surface area (Å²) in [5.74, 6) is 0. The maximum absolute atomic E-state index is 11.8. The molecule has 1 unspecified atom stereocenters. The first-order chi connectivity index (χ1) is 7.42. The van der Waals surface area contributed by atoms with Crippen molar-refractivity contribution in [1.29, 1.82) is 0 Å². The summed E-state index contributed by atoms with van der Waals surface area (Å²) in [6, 6.07) is 0. The molecule has 4 nitrogen and oxygen atoms in total. The number of nitrogens with zero attached hydrogens (tertiary/aromatic N) is 1. The van der Waals surface area contributed by atoms with Crippen LogP contribution in [0.2, 0.25) is 0 Å². The molecule has 1 aliphatic heterocycles. The van der Waals surface area contributed by atoms with Crippen LogP contribution in [0.25, 0.3) is 0 Å². The van der Waals surface area contributed by atoms with Crippen molar-refractivity contribution in [1.82, 2.24) is 4.90 Å². The van der Waals surface area contributed by atoms with Gasteiger partial charge in [0.05, 0.1) is 12.7 Å². The number of rotatable bonds is 1. The summed E-state index contributed by atoms with van der Waals surface area (Å²) in [4.78, 5) is 13.5. The minimum Gasteiger partial charge on any atom is -0.444 e. The Morgan fingerprint density at radius 1 is 1.44 bits per heavy atom. The van der Waals surface area contributed by atoms with Crippen molar-refractivity contribution in [3.63, 3.8) is 0 Å². The molecule has 0 aliphatic carbocycles. The quantitative estimate of drug-likeness (QED) is 0.693. The van der Waals surface area contributed by atoms with E-state index in [1.165, 1.54) is 0 Å². The van der Waals surface area contributed by atoms with Crippen LogP contribution in [0.15, 0.2) is 0 Å². The smallest absolute Gasteiger partial charge is 0.410 e. The second-order valence-corrected chi connectivity index (χ2v) is 5.16. The zero-order valence-corrected chi connectivity index (χ0v) is 10.8. The van der Waals surface area contributed by atoms with Gasteiger partial charge in [-0.25, -0.2) is 4.79 Å². The van der Waals surface area contributed by atoms with E-state index >= 15 is 0 Å². The van der Waals surface area contributed by atoms with Crippen LogP contribution in [0.4, 0.5) is 4.79 Å². The fourth-order valence-electron chi connectivity index (χ4n) is 1.66. The van der Waals surface area contributed by atoms with Gasteiger partial charge < -0.3 is 14.4 Å². The molecule has 0 aromatic heterocycles. The van der Waals surface area contributed by atoms with Crippen LogP contribution in [0.3, 0.4) is 0 Å². The van der Waals surface area contributed by atoms with Crippen LogP contribution in [-0.4, -0.2) is 42.4 Å². The summed E-state index contributed by atoms with van der Waals surface area (Å²) in [6.07, 6.45) is 1.96. The largest absolute Gasteiger partial charge is 0.444 e. The third-order valence-corrected chi connectivity index (χ3v) is 2.54. The van der Waals surface area contributed by atoms with E-state index in [1.807, 2.05) is 20.8 Å². The first-order valence-corrected chi connectivity index (χ1v) is 6.02. The maximum atomic E-state index is 11.8. The molecule has 0 aromatic carbocycles.